The number of azide groups is 2. The molecule has 27 nitrogen and oxygen atoms in total. The first-order chi connectivity index (χ1) is 37.2. The number of carbonyl (C=O) groups excluding carboxylic acids is 2. The maximum atomic E-state index is 12.3. The zero-order valence-corrected chi connectivity index (χ0v) is 43.3. The Kier molecular flexibility index (Phi) is 22.2. The highest BCUT2D eigenvalue weighted by Gasteiger charge is 2.57. The minimum absolute atomic E-state index is 0.0283. The van der Waals surface area contributed by atoms with Crippen LogP contribution in [0.4, 0.5) is 0 Å². The number of rotatable bonds is 24. The summed E-state index contributed by atoms with van der Waals surface area (Å²) in [6, 6.07) is 15.2. The summed E-state index contributed by atoms with van der Waals surface area (Å²) in [5.74, 6) is -2.04. The molecule has 0 amide bonds. The molecule has 0 radical (unpaired) electrons. The number of nitrogens with zero attached hydrogens (tertiary/aromatic N) is 6. The minimum atomic E-state index is -1.91. The summed E-state index contributed by atoms with van der Waals surface area (Å²) in [5.41, 5.74) is 20.8. The maximum absolute atomic E-state index is 12.3. The largest absolute Gasteiger partial charge is 0.435 e. The topological polar surface area (TPSA) is 362 Å². The molecule has 0 aromatic heterocycles. The molecule has 5 aliphatic heterocycles. The van der Waals surface area contributed by atoms with E-state index in [-0.39, 0.29) is 56.4 Å². The monoisotopic (exact) mass is 1090 g/mol. The first-order valence-corrected chi connectivity index (χ1v) is 25.4. The van der Waals surface area contributed by atoms with Crippen molar-refractivity contribution in [1.82, 2.24) is 0 Å². The Morgan fingerprint density at radius 3 is 1.55 bits per heavy atom. The second-order valence-electron chi connectivity index (χ2n) is 19.7. The molecule has 2 aromatic rings. The molecule has 426 valence electrons. The molecular weight excluding hydrogens is 1020 g/mol. The van der Waals surface area contributed by atoms with Crippen LogP contribution < -0.4 is 0 Å². The van der Waals surface area contributed by atoms with Crippen LogP contribution in [0.1, 0.15) is 45.7 Å². The Labute approximate surface area is 443 Å². The van der Waals surface area contributed by atoms with E-state index in [2.05, 4.69) is 20.1 Å². The molecule has 2 aromatic carbocycles. The summed E-state index contributed by atoms with van der Waals surface area (Å²) < 4.78 is 85.6. The van der Waals surface area contributed by atoms with E-state index in [1.807, 2.05) is 45.9 Å². The van der Waals surface area contributed by atoms with Crippen LogP contribution in [-0.4, -0.2) is 189 Å². The number of aliphatic hydroxyl groups is 5. The molecule has 5 heterocycles. The number of aliphatic hydroxyl groups excluding tert-OH is 5. The number of carbonyl (C=O) groups is 2. The number of benzene rings is 2. The first kappa shape index (κ1) is 60.0. The second-order valence-corrected chi connectivity index (χ2v) is 19.7. The minimum Gasteiger partial charge on any atom is -0.435 e. The van der Waals surface area contributed by atoms with Crippen molar-refractivity contribution in [2.75, 3.05) is 26.9 Å². The standard InChI is InChI=1S/C50H70N6O21/c1-24-25(2)34(53-55-51)45(69-31(24)17-57)73-40-28(5)39(65-20-29-13-9-7-10-14-29)50(77-48(40)67-22-60)74-41-33(19-59)71-46(35(36(41)62)54-56-52)75-43-42(66-21-30-15-11-8-12-16-30)37(63)47(76-49(43)68-23-61)72-38-26(3)27(4)44(64-6)70-32(38)18-58/h7-16,22-28,31-50,57-59,62-63H,17-21H2,1-6H3/t24-,25+,26-,27?,28-,31?,32?,33?,34?,35?,36-,37+,38-,39?,40-,41+,42+,43-,44-,45+,46+,47?,48?,49?,50-/m1/s1. The molecule has 0 aliphatic carbocycles. The molecule has 5 saturated heterocycles. The Bertz CT molecular complexity index is 2240. The zero-order chi connectivity index (χ0) is 55.3. The Morgan fingerprint density at radius 1 is 0.494 bits per heavy atom. The normalized spacial score (nSPS) is 41.3. The third-order valence-corrected chi connectivity index (χ3v) is 15.2. The van der Waals surface area contributed by atoms with E-state index < -0.39 is 142 Å². The van der Waals surface area contributed by atoms with Crippen LogP contribution in [0.2, 0.25) is 0 Å². The van der Waals surface area contributed by atoms with Gasteiger partial charge in [-0.25, -0.2) is 0 Å². The van der Waals surface area contributed by atoms with Gasteiger partial charge in [-0.15, -0.1) is 0 Å². The lowest BCUT2D eigenvalue weighted by atomic mass is 9.82. The Balaban J connectivity index is 1.17. The van der Waals surface area contributed by atoms with Crippen molar-refractivity contribution in [2.24, 2.45) is 39.8 Å². The highest BCUT2D eigenvalue weighted by atomic mass is 16.8. The SMILES string of the molecule is CO[C@@H]1OC(CO)[C@H](OC2OC(OC=O)[C@H](O[C@@H]3OC(CO)[C@H](O[C@@H]4OC(OC=O)[C@H](O[C@@H]5OC(CO)[C@H](C)[C@H](C)C5N=[N+]=[N-])[C@H](C)C4OCc4ccccc4)[C@H](O)C3N=[N+]=[N-])[C@@H](OCc3ccccc3)[C@@H]2O)[C@H](C)C1C. The van der Waals surface area contributed by atoms with E-state index in [1.165, 1.54) is 7.11 Å². The molecule has 10 unspecified atom stereocenters. The average Bonchev–Trinajstić information content (AvgIpc) is 3.45. The Morgan fingerprint density at radius 2 is 0.974 bits per heavy atom. The first-order valence-electron chi connectivity index (χ1n) is 25.4. The molecule has 25 atom stereocenters. The summed E-state index contributed by atoms with van der Waals surface area (Å²) in [7, 11) is 1.47. The average molecular weight is 1090 g/mol. The highest BCUT2D eigenvalue weighted by molar-refractivity contribution is 5.37. The van der Waals surface area contributed by atoms with Crippen molar-refractivity contribution in [1.29, 1.82) is 0 Å². The second kappa shape index (κ2) is 28.5. The third kappa shape index (κ3) is 13.8. The van der Waals surface area contributed by atoms with Crippen LogP contribution in [0.5, 0.6) is 0 Å². The van der Waals surface area contributed by atoms with Crippen LogP contribution in [0.15, 0.2) is 70.9 Å². The van der Waals surface area contributed by atoms with Gasteiger partial charge < -0.3 is 91.8 Å². The molecule has 77 heavy (non-hydrogen) atoms. The highest BCUT2D eigenvalue weighted by Crippen LogP contribution is 2.42. The summed E-state index contributed by atoms with van der Waals surface area (Å²) >= 11 is 0. The van der Waals surface area contributed by atoms with Gasteiger partial charge in [-0.1, -0.05) is 106 Å². The van der Waals surface area contributed by atoms with E-state index in [4.69, 9.17) is 66.3 Å². The van der Waals surface area contributed by atoms with Gasteiger partial charge in [-0.2, -0.15) is 0 Å². The number of hydrogen-bond acceptors (Lipinski definition) is 23. The van der Waals surface area contributed by atoms with Crippen LogP contribution >= 0.6 is 0 Å². The van der Waals surface area contributed by atoms with Crippen LogP contribution in [0.25, 0.3) is 20.9 Å². The van der Waals surface area contributed by atoms with Gasteiger partial charge in [0.2, 0.25) is 12.6 Å². The van der Waals surface area contributed by atoms with E-state index in [9.17, 15) is 46.2 Å². The van der Waals surface area contributed by atoms with Gasteiger partial charge in [-0.05, 0) is 39.9 Å². The molecule has 7 rings (SSSR count). The van der Waals surface area contributed by atoms with Crippen molar-refractivity contribution in [2.45, 2.75) is 171 Å². The van der Waals surface area contributed by atoms with Crippen molar-refractivity contribution < 1.29 is 101 Å². The van der Waals surface area contributed by atoms with E-state index in [1.54, 1.807) is 49.4 Å². The molecular formula is C50H70N6O21. The lowest BCUT2D eigenvalue weighted by Crippen LogP contribution is -2.66. The van der Waals surface area contributed by atoms with Crippen molar-refractivity contribution in [3.8, 4) is 0 Å². The van der Waals surface area contributed by atoms with Gasteiger partial charge in [0.05, 0.1) is 57.4 Å². The van der Waals surface area contributed by atoms with Gasteiger partial charge in [0.1, 0.15) is 48.8 Å². The molecule has 5 N–H and O–H groups in total. The van der Waals surface area contributed by atoms with E-state index in [0.29, 0.717) is 5.56 Å². The summed E-state index contributed by atoms with van der Waals surface area (Å²) in [4.78, 5) is 30.3. The molecule has 5 fully saturated rings. The van der Waals surface area contributed by atoms with Crippen LogP contribution in [0, 0.1) is 29.6 Å². The third-order valence-electron chi connectivity index (χ3n) is 15.2. The Hall–Kier alpha value is -4.68. The maximum Gasteiger partial charge on any atom is 0.295 e. The molecule has 0 spiro atoms. The molecule has 0 bridgehead atoms. The van der Waals surface area contributed by atoms with Crippen molar-refractivity contribution >= 4 is 12.9 Å². The fraction of sp³-hybridized carbons (Fsp3) is 0.720. The predicted molar refractivity (Wildman–Crippen MR) is 259 cm³/mol. The van der Waals surface area contributed by atoms with Gasteiger partial charge in [0.15, 0.2) is 37.6 Å². The number of ether oxygens (including phenoxy) is 14. The van der Waals surface area contributed by atoms with E-state index in [0.717, 1.165) is 5.56 Å². The lowest BCUT2D eigenvalue weighted by Gasteiger charge is -2.50. The van der Waals surface area contributed by atoms with Gasteiger partial charge >= 0.3 is 0 Å². The van der Waals surface area contributed by atoms with Crippen molar-refractivity contribution in [3.05, 3.63) is 92.7 Å². The van der Waals surface area contributed by atoms with Gasteiger partial charge in [0.25, 0.3) is 12.9 Å². The van der Waals surface area contributed by atoms with Crippen molar-refractivity contribution in [3.63, 3.8) is 0 Å². The number of hydrogen-bond donors (Lipinski definition) is 5. The van der Waals surface area contributed by atoms with Gasteiger partial charge in [-0.3, -0.25) is 9.59 Å². The summed E-state index contributed by atoms with van der Waals surface area (Å²) in [5, 5.41) is 63.6. The lowest BCUT2D eigenvalue weighted by molar-refractivity contribution is -0.402. The molecule has 0 saturated carbocycles. The fourth-order valence-corrected chi connectivity index (χ4v) is 10.4. The summed E-state index contributed by atoms with van der Waals surface area (Å²) in [6.45, 7) is 7.32. The smallest absolute Gasteiger partial charge is 0.295 e. The van der Waals surface area contributed by atoms with Gasteiger partial charge in [0, 0.05) is 28.8 Å². The zero-order valence-electron chi connectivity index (χ0n) is 43.3. The predicted octanol–water partition coefficient (Wildman–Crippen LogP) is 2.47. The quantitative estimate of drug-likeness (QED) is 0.0436. The summed E-state index contributed by atoms with van der Waals surface area (Å²) in [6.07, 6.45) is -25.2. The number of methoxy groups -OCH3 is 1. The van der Waals surface area contributed by atoms with E-state index >= 15 is 0 Å². The van der Waals surface area contributed by atoms with Crippen LogP contribution in [0.3, 0.4) is 0 Å². The fourth-order valence-electron chi connectivity index (χ4n) is 10.4. The molecule has 5 aliphatic rings. The molecule has 27 heteroatoms. The van der Waals surface area contributed by atoms with Crippen LogP contribution in [-0.2, 0) is 89.1 Å².